The standard InChI is InChI=1S/C44H49ClN8O6S/c1-24-25(2)60-44-38(24)40(27-12-14-28(45)15-13-27)48-31(41-51-50-26(3)52(41)44)22-36(55)46-20-7-5-4-6-8-21-47-37(56)23-59-34-18-16-32-39-29(34)10-9-11-30(39)43(58)53(32)33-17-19-35(54)49-42(33)57/h9-15,31-34H,4-8,16-23H2,1-3H3,(H,46,55)(H,47,56)(H,49,54,57)/t31-,32?,33?,34?/m0/s1. The minimum Gasteiger partial charge on any atom is -0.364 e. The molecule has 2 aromatic carbocycles. The maximum atomic E-state index is 13.4. The van der Waals surface area contributed by atoms with Crippen molar-refractivity contribution in [3.63, 3.8) is 0 Å². The van der Waals surface area contributed by atoms with Crippen molar-refractivity contribution >= 4 is 58.2 Å². The first-order valence-electron chi connectivity index (χ1n) is 20.8. The molecule has 5 heterocycles. The fraction of sp³-hybridized carbons (Fsp3) is 0.455. The number of rotatable bonds is 15. The number of ether oxygens (including phenoxy) is 1. The fourth-order valence-corrected chi connectivity index (χ4v) is 10.3. The van der Waals surface area contributed by atoms with Crippen molar-refractivity contribution < 1.29 is 28.7 Å². The number of nitrogens with one attached hydrogen (secondary N) is 3. The van der Waals surface area contributed by atoms with E-state index < -0.39 is 18.0 Å². The molecule has 3 N–H and O–H groups in total. The van der Waals surface area contributed by atoms with Crippen LogP contribution in [-0.4, -0.2) is 80.7 Å². The average molecular weight is 853 g/mol. The van der Waals surface area contributed by atoms with Crippen molar-refractivity contribution in [1.82, 2.24) is 35.6 Å². The van der Waals surface area contributed by atoms with Gasteiger partial charge in [0.05, 0.1) is 24.3 Å². The lowest BCUT2D eigenvalue weighted by Crippen LogP contribution is -2.53. The van der Waals surface area contributed by atoms with Crippen LogP contribution < -0.4 is 16.0 Å². The van der Waals surface area contributed by atoms with E-state index in [1.54, 1.807) is 22.3 Å². The fourth-order valence-electron chi connectivity index (χ4n) is 8.91. The van der Waals surface area contributed by atoms with Crippen LogP contribution in [0.5, 0.6) is 0 Å². The van der Waals surface area contributed by atoms with Crippen molar-refractivity contribution in [2.75, 3.05) is 19.7 Å². The Labute approximate surface area is 357 Å². The van der Waals surface area contributed by atoms with E-state index in [2.05, 4.69) is 40.0 Å². The number of halogens is 1. The second-order valence-corrected chi connectivity index (χ2v) is 17.6. The van der Waals surface area contributed by atoms with Gasteiger partial charge in [-0.25, -0.2) is 0 Å². The third-order valence-electron chi connectivity index (χ3n) is 12.0. The molecule has 4 aromatic rings. The first-order chi connectivity index (χ1) is 29.0. The van der Waals surface area contributed by atoms with Gasteiger partial charge < -0.3 is 20.3 Å². The van der Waals surface area contributed by atoms with E-state index in [1.165, 1.54) is 4.88 Å². The first kappa shape index (κ1) is 41.5. The van der Waals surface area contributed by atoms with Crippen molar-refractivity contribution in [1.29, 1.82) is 0 Å². The predicted molar refractivity (Wildman–Crippen MR) is 226 cm³/mol. The summed E-state index contributed by atoms with van der Waals surface area (Å²) in [6, 6.07) is 11.7. The van der Waals surface area contributed by atoms with E-state index in [1.807, 2.05) is 47.9 Å². The number of piperidine rings is 1. The van der Waals surface area contributed by atoms with Gasteiger partial charge >= 0.3 is 0 Å². The lowest BCUT2D eigenvalue weighted by atomic mass is 9.84. The van der Waals surface area contributed by atoms with Crippen LogP contribution in [-0.2, 0) is 23.9 Å². The number of hydrogen-bond donors (Lipinski definition) is 3. The van der Waals surface area contributed by atoms with E-state index in [4.69, 9.17) is 21.3 Å². The van der Waals surface area contributed by atoms with Gasteiger partial charge in [0.15, 0.2) is 5.82 Å². The number of unbranched alkanes of at least 4 members (excludes halogenated alkanes) is 4. The van der Waals surface area contributed by atoms with Gasteiger partial charge in [0, 0.05) is 46.1 Å². The number of thiophene rings is 1. The van der Waals surface area contributed by atoms with Gasteiger partial charge in [-0.15, -0.1) is 21.5 Å². The van der Waals surface area contributed by atoms with E-state index in [0.717, 1.165) is 76.5 Å². The molecule has 1 aliphatic carbocycles. The molecule has 1 saturated heterocycles. The number of nitrogens with zero attached hydrogens (tertiary/aromatic N) is 5. The third kappa shape index (κ3) is 8.26. The second kappa shape index (κ2) is 17.8. The van der Waals surface area contributed by atoms with Gasteiger partial charge in [0.2, 0.25) is 23.6 Å². The first-order valence-corrected chi connectivity index (χ1v) is 22.0. The molecule has 16 heteroatoms. The topological polar surface area (TPSA) is 177 Å². The molecule has 4 aliphatic rings. The zero-order valence-electron chi connectivity index (χ0n) is 34.0. The normalized spacial score (nSPS) is 20.5. The molecular weight excluding hydrogens is 804 g/mol. The number of carbonyl (C=O) groups is 5. The van der Waals surface area contributed by atoms with Crippen LogP contribution in [0.15, 0.2) is 47.5 Å². The lowest BCUT2D eigenvalue weighted by Gasteiger charge is -2.37. The Hall–Kier alpha value is -5.25. The van der Waals surface area contributed by atoms with Gasteiger partial charge in [0.1, 0.15) is 29.5 Å². The largest absolute Gasteiger partial charge is 0.364 e. The van der Waals surface area contributed by atoms with Gasteiger partial charge in [0.25, 0.3) is 5.91 Å². The number of aliphatic imine (C=N–C) groups is 1. The Balaban J connectivity index is 0.756. The number of fused-ring (bicyclic) bond motifs is 3. The molecule has 0 spiro atoms. The summed E-state index contributed by atoms with van der Waals surface area (Å²) in [5.41, 5.74) is 6.21. The quantitative estimate of drug-likeness (QED) is 0.0932. The average Bonchev–Trinajstić information content (AvgIpc) is 3.82. The number of aromatic nitrogens is 3. The van der Waals surface area contributed by atoms with Crippen molar-refractivity contribution in [2.24, 2.45) is 4.99 Å². The SMILES string of the molecule is Cc1sc2c(c1C)C(c1ccc(Cl)cc1)=N[C@@H](CC(=O)NCCCCCCCNC(=O)COC1CCC3c4c(cccc41)C(=O)N3C1CCC(=O)NC1=O)c1nnc(C)n1-2. The number of aryl methyl sites for hydroxylation is 2. The molecule has 14 nitrogen and oxygen atoms in total. The van der Waals surface area contributed by atoms with E-state index in [0.29, 0.717) is 48.8 Å². The smallest absolute Gasteiger partial charge is 0.255 e. The predicted octanol–water partition coefficient (Wildman–Crippen LogP) is 6.23. The summed E-state index contributed by atoms with van der Waals surface area (Å²) in [5.74, 6) is 0.160. The monoisotopic (exact) mass is 852 g/mol. The van der Waals surface area contributed by atoms with Crippen LogP contribution in [0.1, 0.15) is 137 Å². The van der Waals surface area contributed by atoms with Crippen LogP contribution in [0.2, 0.25) is 5.02 Å². The lowest BCUT2D eigenvalue weighted by molar-refractivity contribution is -0.137. The minimum absolute atomic E-state index is 0.0930. The van der Waals surface area contributed by atoms with E-state index >= 15 is 0 Å². The maximum Gasteiger partial charge on any atom is 0.255 e. The highest BCUT2D eigenvalue weighted by Gasteiger charge is 2.48. The number of imide groups is 1. The minimum atomic E-state index is -0.683. The van der Waals surface area contributed by atoms with E-state index in [9.17, 15) is 24.0 Å². The van der Waals surface area contributed by atoms with Gasteiger partial charge in [-0.2, -0.15) is 0 Å². The summed E-state index contributed by atoms with van der Waals surface area (Å²) in [6.07, 6.45) is 6.04. The Morgan fingerprint density at radius 1 is 0.900 bits per heavy atom. The maximum absolute atomic E-state index is 13.4. The molecule has 2 aromatic heterocycles. The number of carbonyl (C=O) groups excluding carboxylic acids is 5. The van der Waals surface area contributed by atoms with Crippen molar-refractivity contribution in [3.05, 3.63) is 97.4 Å². The van der Waals surface area contributed by atoms with Gasteiger partial charge in [-0.05, 0) is 87.8 Å². The number of benzene rings is 2. The highest BCUT2D eigenvalue weighted by atomic mass is 35.5. The van der Waals surface area contributed by atoms with Crippen LogP contribution in [0.3, 0.4) is 0 Å². The summed E-state index contributed by atoms with van der Waals surface area (Å²) in [6.45, 7) is 7.13. The Morgan fingerprint density at radius 2 is 1.63 bits per heavy atom. The Morgan fingerprint density at radius 3 is 2.38 bits per heavy atom. The molecule has 0 radical (unpaired) electrons. The summed E-state index contributed by atoms with van der Waals surface area (Å²) in [7, 11) is 0. The molecule has 4 atom stereocenters. The number of amides is 5. The molecule has 1 fully saturated rings. The molecule has 3 aliphatic heterocycles. The zero-order chi connectivity index (χ0) is 42.1. The molecule has 8 rings (SSSR count). The molecule has 5 amide bonds. The molecule has 314 valence electrons. The van der Waals surface area contributed by atoms with Crippen molar-refractivity contribution in [2.45, 2.75) is 109 Å². The zero-order valence-corrected chi connectivity index (χ0v) is 35.6. The van der Waals surface area contributed by atoms with Gasteiger partial charge in [-0.1, -0.05) is 55.1 Å². The van der Waals surface area contributed by atoms with Crippen molar-refractivity contribution in [3.8, 4) is 5.00 Å². The van der Waals surface area contributed by atoms with Crippen LogP contribution in [0.4, 0.5) is 0 Å². The molecule has 3 unspecified atom stereocenters. The second-order valence-electron chi connectivity index (χ2n) is 16.0. The molecule has 60 heavy (non-hydrogen) atoms. The van der Waals surface area contributed by atoms with Crippen LogP contribution in [0.25, 0.3) is 5.00 Å². The summed E-state index contributed by atoms with van der Waals surface area (Å²) < 4.78 is 8.14. The Bertz CT molecular complexity index is 2370. The highest BCUT2D eigenvalue weighted by Crippen LogP contribution is 2.48. The molecule has 0 saturated carbocycles. The van der Waals surface area contributed by atoms with Crippen LogP contribution >= 0.6 is 22.9 Å². The third-order valence-corrected chi connectivity index (χ3v) is 13.5. The summed E-state index contributed by atoms with van der Waals surface area (Å²) in [4.78, 5) is 71.9. The Kier molecular flexibility index (Phi) is 12.3. The summed E-state index contributed by atoms with van der Waals surface area (Å²) in [5, 5.41) is 18.9. The highest BCUT2D eigenvalue weighted by molar-refractivity contribution is 7.15. The van der Waals surface area contributed by atoms with E-state index in [-0.39, 0.29) is 55.2 Å². The summed E-state index contributed by atoms with van der Waals surface area (Å²) >= 11 is 7.91. The van der Waals surface area contributed by atoms with Gasteiger partial charge in [-0.3, -0.25) is 38.8 Å². The molecular formula is C44H49ClN8O6S. The number of hydrogen-bond acceptors (Lipinski definition) is 10. The molecule has 0 bridgehead atoms. The van der Waals surface area contributed by atoms with Crippen LogP contribution in [0, 0.1) is 20.8 Å².